The van der Waals surface area contributed by atoms with E-state index in [-0.39, 0.29) is 33.5 Å². The number of methoxy groups -OCH3 is 1. The molecule has 2 heterocycles. The molecule has 0 aliphatic carbocycles. The normalized spacial score (nSPS) is 11.2. The van der Waals surface area contributed by atoms with E-state index in [1.165, 1.54) is 49.7 Å². The third-order valence-electron chi connectivity index (χ3n) is 5.51. The van der Waals surface area contributed by atoms with Crippen molar-refractivity contribution in [3.05, 3.63) is 94.9 Å². The van der Waals surface area contributed by atoms with Crippen LogP contribution in [-0.2, 0) is 10.0 Å². The number of hydrogen-bond donors (Lipinski definition) is 1. The zero-order valence-corrected chi connectivity index (χ0v) is 21.4. The van der Waals surface area contributed by atoms with Crippen LogP contribution in [0.1, 0.15) is 27.0 Å². The number of ether oxygens (including phenoxy) is 2. The fourth-order valence-corrected chi connectivity index (χ4v) is 4.78. The lowest BCUT2D eigenvalue weighted by molar-refractivity contribution is 0.0978. The molecule has 0 atom stereocenters. The molecule has 0 saturated carbocycles. The van der Waals surface area contributed by atoms with Crippen LogP contribution >= 0.6 is 0 Å². The summed E-state index contributed by atoms with van der Waals surface area (Å²) in [6.07, 6.45) is 1.30. The first kappa shape index (κ1) is 25.8. The number of pyridine rings is 2. The maximum Gasteiger partial charge on any atom is 0.281 e. The number of aryl methyl sites for hydroxylation is 3. The van der Waals surface area contributed by atoms with Gasteiger partial charge in [-0.05, 0) is 68.3 Å². The van der Waals surface area contributed by atoms with Gasteiger partial charge >= 0.3 is 0 Å². The van der Waals surface area contributed by atoms with Crippen LogP contribution in [0, 0.1) is 26.6 Å². The fourth-order valence-electron chi connectivity index (χ4n) is 3.87. The van der Waals surface area contributed by atoms with Crippen LogP contribution in [0.25, 0.3) is 11.3 Å². The Bertz CT molecular complexity index is 1570. The van der Waals surface area contributed by atoms with Gasteiger partial charge in [-0.1, -0.05) is 29.8 Å². The van der Waals surface area contributed by atoms with Gasteiger partial charge in [-0.25, -0.2) is 19.1 Å². The van der Waals surface area contributed by atoms with Crippen molar-refractivity contribution >= 4 is 15.9 Å². The number of sulfonamides is 1. The second-order valence-electron chi connectivity index (χ2n) is 8.30. The Labute approximate surface area is 214 Å². The number of nitrogens with zero attached hydrogens (tertiary/aromatic N) is 2. The molecule has 2 aromatic heterocycles. The molecule has 0 aliphatic heterocycles. The third-order valence-corrected chi connectivity index (χ3v) is 6.75. The number of halogens is 1. The molecular weight excluding hydrogens is 497 g/mol. The maximum atomic E-state index is 15.0. The molecule has 10 heteroatoms. The van der Waals surface area contributed by atoms with Gasteiger partial charge in [0.15, 0.2) is 16.6 Å². The molecule has 8 nitrogen and oxygen atoms in total. The third kappa shape index (κ3) is 5.44. The van der Waals surface area contributed by atoms with Gasteiger partial charge in [0.05, 0.1) is 12.8 Å². The molecule has 4 rings (SSSR count). The zero-order chi connectivity index (χ0) is 26.7. The molecule has 0 radical (unpaired) electrons. The summed E-state index contributed by atoms with van der Waals surface area (Å²) < 4.78 is 53.6. The molecule has 0 saturated heterocycles. The van der Waals surface area contributed by atoms with E-state index in [9.17, 15) is 17.6 Å². The van der Waals surface area contributed by atoms with Crippen LogP contribution < -0.4 is 14.2 Å². The second-order valence-corrected chi connectivity index (χ2v) is 9.93. The van der Waals surface area contributed by atoms with E-state index in [0.717, 1.165) is 16.7 Å². The molecule has 4 aromatic rings. The first-order chi connectivity index (χ1) is 17.6. The highest BCUT2D eigenvalue weighted by atomic mass is 32.2. The summed E-state index contributed by atoms with van der Waals surface area (Å²) in [7, 11) is -2.92. The van der Waals surface area contributed by atoms with Crippen molar-refractivity contribution in [2.75, 3.05) is 7.11 Å². The topological polar surface area (TPSA) is 107 Å². The Balaban J connectivity index is 1.81. The Morgan fingerprint density at radius 3 is 2.35 bits per heavy atom. The summed E-state index contributed by atoms with van der Waals surface area (Å²) in [6, 6.07) is 15.4. The van der Waals surface area contributed by atoms with Crippen LogP contribution in [-0.4, -0.2) is 31.4 Å². The molecule has 0 bridgehead atoms. The lowest BCUT2D eigenvalue weighted by Gasteiger charge is -2.16. The van der Waals surface area contributed by atoms with Gasteiger partial charge in [-0.3, -0.25) is 4.79 Å². The lowest BCUT2D eigenvalue weighted by Crippen LogP contribution is -2.31. The van der Waals surface area contributed by atoms with Crippen molar-refractivity contribution in [3.8, 4) is 28.6 Å². The summed E-state index contributed by atoms with van der Waals surface area (Å²) in [5.74, 6) is -1.34. The SMILES string of the molecule is COc1cccc(-c2ccc(C(=O)NS(=O)(=O)c3ccccn3)c(Oc3c(C)cc(C)cc3C)n2)c1F. The van der Waals surface area contributed by atoms with Crippen LogP contribution in [0.5, 0.6) is 17.4 Å². The summed E-state index contributed by atoms with van der Waals surface area (Å²) in [6.45, 7) is 5.62. The van der Waals surface area contributed by atoms with Gasteiger partial charge in [-0.2, -0.15) is 8.42 Å². The Morgan fingerprint density at radius 1 is 0.973 bits per heavy atom. The number of amides is 1. The zero-order valence-electron chi connectivity index (χ0n) is 20.6. The van der Waals surface area contributed by atoms with Crippen LogP contribution in [0.2, 0.25) is 0 Å². The van der Waals surface area contributed by atoms with E-state index in [1.54, 1.807) is 12.1 Å². The predicted molar refractivity (Wildman–Crippen MR) is 136 cm³/mol. The number of aromatic nitrogens is 2. The molecule has 1 amide bonds. The standard InChI is InChI=1S/C27H24FN3O5S/c1-16-14-17(2)25(18(3)15-16)36-27-20(26(32)31-37(33,34)23-10-5-6-13-29-23)11-12-21(30-27)19-8-7-9-22(35-4)24(19)28/h5-15H,1-4H3,(H,31,32). The molecular formula is C27H24FN3O5S. The highest BCUT2D eigenvalue weighted by Gasteiger charge is 2.25. The number of benzene rings is 2. The molecule has 0 unspecified atom stereocenters. The summed E-state index contributed by atoms with van der Waals surface area (Å²) >= 11 is 0. The highest BCUT2D eigenvalue weighted by molar-refractivity contribution is 7.90. The van der Waals surface area contributed by atoms with Gasteiger partial charge in [0.2, 0.25) is 5.88 Å². The minimum absolute atomic E-state index is 0.0234. The highest BCUT2D eigenvalue weighted by Crippen LogP contribution is 2.34. The minimum Gasteiger partial charge on any atom is -0.494 e. The van der Waals surface area contributed by atoms with Gasteiger partial charge in [0.25, 0.3) is 15.9 Å². The first-order valence-electron chi connectivity index (χ1n) is 11.2. The molecule has 0 aliphatic rings. The molecule has 0 fully saturated rings. The average Bonchev–Trinajstić information content (AvgIpc) is 2.86. The molecule has 190 valence electrons. The van der Waals surface area contributed by atoms with Gasteiger partial charge in [-0.15, -0.1) is 0 Å². The van der Waals surface area contributed by atoms with Gasteiger partial charge in [0.1, 0.15) is 11.3 Å². The minimum atomic E-state index is -4.27. The Hall–Kier alpha value is -4.31. The van der Waals surface area contributed by atoms with E-state index in [4.69, 9.17) is 9.47 Å². The predicted octanol–water partition coefficient (Wildman–Crippen LogP) is 5.13. The van der Waals surface area contributed by atoms with E-state index in [1.807, 2.05) is 37.6 Å². The molecule has 37 heavy (non-hydrogen) atoms. The number of rotatable bonds is 7. The smallest absolute Gasteiger partial charge is 0.281 e. The molecule has 1 N–H and O–H groups in total. The summed E-state index contributed by atoms with van der Waals surface area (Å²) in [4.78, 5) is 21.4. The summed E-state index contributed by atoms with van der Waals surface area (Å²) in [5.41, 5.74) is 2.70. The van der Waals surface area contributed by atoms with Crippen molar-refractivity contribution in [2.24, 2.45) is 0 Å². The molecule has 0 spiro atoms. The number of nitrogens with one attached hydrogen (secondary N) is 1. The van der Waals surface area contributed by atoms with Gasteiger partial charge < -0.3 is 9.47 Å². The lowest BCUT2D eigenvalue weighted by atomic mass is 10.1. The van der Waals surface area contributed by atoms with E-state index in [0.29, 0.717) is 5.75 Å². The van der Waals surface area contributed by atoms with Crippen molar-refractivity contribution < 1.29 is 27.1 Å². The number of hydrogen-bond acceptors (Lipinski definition) is 7. The average molecular weight is 522 g/mol. The van der Waals surface area contributed by atoms with Crippen LogP contribution in [0.3, 0.4) is 0 Å². The van der Waals surface area contributed by atoms with Crippen LogP contribution in [0.4, 0.5) is 4.39 Å². The molecule has 2 aromatic carbocycles. The van der Waals surface area contributed by atoms with E-state index >= 15 is 0 Å². The van der Waals surface area contributed by atoms with E-state index < -0.39 is 21.7 Å². The fraction of sp³-hybridized carbons (Fsp3) is 0.148. The van der Waals surface area contributed by atoms with E-state index in [2.05, 4.69) is 9.97 Å². The van der Waals surface area contributed by atoms with Crippen molar-refractivity contribution in [1.82, 2.24) is 14.7 Å². The van der Waals surface area contributed by atoms with Crippen molar-refractivity contribution in [1.29, 1.82) is 0 Å². The summed E-state index contributed by atoms with van der Waals surface area (Å²) in [5, 5.41) is -0.320. The Kier molecular flexibility index (Phi) is 7.21. The van der Waals surface area contributed by atoms with Gasteiger partial charge in [0, 0.05) is 11.8 Å². The number of carbonyl (C=O) groups excluding carboxylic acids is 1. The van der Waals surface area contributed by atoms with Crippen LogP contribution in [0.15, 0.2) is 71.9 Å². The Morgan fingerprint density at radius 2 is 1.70 bits per heavy atom. The van der Waals surface area contributed by atoms with Crippen molar-refractivity contribution in [3.63, 3.8) is 0 Å². The largest absolute Gasteiger partial charge is 0.494 e. The maximum absolute atomic E-state index is 15.0. The van der Waals surface area contributed by atoms with Crippen molar-refractivity contribution in [2.45, 2.75) is 25.8 Å². The second kappa shape index (κ2) is 10.4. The number of carbonyl (C=O) groups is 1. The quantitative estimate of drug-likeness (QED) is 0.359. The monoisotopic (exact) mass is 521 g/mol. The first-order valence-corrected chi connectivity index (χ1v) is 12.7.